The quantitative estimate of drug-likeness (QED) is 0.816. The van der Waals surface area contributed by atoms with Crippen molar-refractivity contribution in [2.75, 3.05) is 11.9 Å². The van der Waals surface area contributed by atoms with Gasteiger partial charge in [0, 0.05) is 17.7 Å². The van der Waals surface area contributed by atoms with E-state index in [1.807, 2.05) is 30.5 Å². The van der Waals surface area contributed by atoms with E-state index in [2.05, 4.69) is 20.9 Å². The lowest BCUT2D eigenvalue weighted by atomic mass is 10.3. The van der Waals surface area contributed by atoms with Gasteiger partial charge in [-0.15, -0.1) is 0 Å². The minimum Gasteiger partial charge on any atom is -0.302 e. The maximum Gasteiger partial charge on any atom is 0.215 e. The molecule has 0 bridgehead atoms. The maximum atomic E-state index is 10.9. The second-order valence-corrected chi connectivity index (χ2v) is 4.84. The average Bonchev–Trinajstić information content (AvgIpc) is 2.66. The van der Waals surface area contributed by atoms with Crippen LogP contribution >= 0.6 is 15.9 Å². The Morgan fingerprint density at radius 2 is 2.29 bits per heavy atom. The second-order valence-electron chi connectivity index (χ2n) is 3.98. The molecule has 2 aromatic rings. The van der Waals surface area contributed by atoms with Crippen molar-refractivity contribution < 1.29 is 4.79 Å². The molecule has 90 valence electrons. The van der Waals surface area contributed by atoms with E-state index in [9.17, 15) is 4.79 Å². The lowest BCUT2D eigenvalue weighted by Crippen LogP contribution is -2.17. The van der Waals surface area contributed by atoms with E-state index in [0.717, 1.165) is 40.0 Å². The van der Waals surface area contributed by atoms with E-state index in [1.165, 1.54) is 0 Å². The molecule has 0 unspecified atom stereocenters. The largest absolute Gasteiger partial charge is 0.302 e. The summed E-state index contributed by atoms with van der Waals surface area (Å²) in [7, 11) is 1.74. The first kappa shape index (κ1) is 12.1. The smallest absolute Gasteiger partial charge is 0.215 e. The maximum absolute atomic E-state index is 10.9. The van der Waals surface area contributed by atoms with Gasteiger partial charge >= 0.3 is 0 Å². The van der Waals surface area contributed by atoms with Crippen LogP contribution in [0.2, 0.25) is 0 Å². The highest BCUT2D eigenvalue weighted by Crippen LogP contribution is 2.25. The summed E-state index contributed by atoms with van der Waals surface area (Å²) in [5.74, 6) is 0.832. The molecule has 2 rings (SSSR count). The fraction of sp³-hybridized carbons (Fsp3) is 0.333. The van der Waals surface area contributed by atoms with Crippen LogP contribution in [0, 0.1) is 6.92 Å². The number of rotatable bonds is 3. The first-order valence-electron chi connectivity index (χ1n) is 5.43. The topological polar surface area (TPSA) is 37.6 Å². The van der Waals surface area contributed by atoms with E-state index in [4.69, 9.17) is 0 Å². The Morgan fingerprint density at radius 3 is 2.88 bits per heavy atom. The van der Waals surface area contributed by atoms with Gasteiger partial charge in [0.15, 0.2) is 0 Å². The predicted octanol–water partition coefficient (Wildman–Crippen LogP) is 2.56. The number of nitrogens with zero attached hydrogens (tertiary/aromatic N) is 3. The zero-order chi connectivity index (χ0) is 12.6. The fourth-order valence-electron chi connectivity index (χ4n) is 1.86. The molecule has 0 atom stereocenters. The molecule has 2 aromatic heterocycles. The van der Waals surface area contributed by atoms with Crippen molar-refractivity contribution in [1.29, 1.82) is 0 Å². The molecule has 4 nitrogen and oxygen atoms in total. The predicted molar refractivity (Wildman–Crippen MR) is 71.5 cm³/mol. The van der Waals surface area contributed by atoms with Crippen LogP contribution in [0.1, 0.15) is 18.2 Å². The molecule has 2 heterocycles. The number of hydrogen-bond acceptors (Lipinski definition) is 2. The van der Waals surface area contributed by atoms with Crippen molar-refractivity contribution in [3.63, 3.8) is 0 Å². The number of carbonyl (C=O) groups is 1. The Bertz CT molecular complexity index is 577. The molecular formula is C12H14BrN3O. The van der Waals surface area contributed by atoms with Crippen LogP contribution in [0.5, 0.6) is 0 Å². The molecule has 0 N–H and O–H groups in total. The van der Waals surface area contributed by atoms with Gasteiger partial charge in [0.25, 0.3) is 0 Å². The van der Waals surface area contributed by atoms with E-state index in [-0.39, 0.29) is 0 Å². The third kappa shape index (κ3) is 1.95. The van der Waals surface area contributed by atoms with E-state index in [0.29, 0.717) is 0 Å². The van der Waals surface area contributed by atoms with Gasteiger partial charge in [0.05, 0.1) is 5.69 Å². The number of pyridine rings is 1. The van der Waals surface area contributed by atoms with Crippen molar-refractivity contribution in [1.82, 2.24) is 9.38 Å². The van der Waals surface area contributed by atoms with Gasteiger partial charge in [-0.3, -0.25) is 9.20 Å². The highest BCUT2D eigenvalue weighted by atomic mass is 79.9. The Kier molecular flexibility index (Phi) is 3.19. The first-order valence-corrected chi connectivity index (χ1v) is 6.23. The number of aryl methyl sites for hydroxylation is 2. The number of aromatic nitrogens is 2. The van der Waals surface area contributed by atoms with Gasteiger partial charge in [-0.25, -0.2) is 4.98 Å². The molecular weight excluding hydrogens is 282 g/mol. The normalized spacial score (nSPS) is 10.8. The zero-order valence-electron chi connectivity index (χ0n) is 10.1. The van der Waals surface area contributed by atoms with Crippen molar-refractivity contribution in [3.8, 4) is 0 Å². The second kappa shape index (κ2) is 4.49. The molecule has 1 amide bonds. The molecule has 5 heteroatoms. The molecule has 0 aromatic carbocycles. The van der Waals surface area contributed by atoms with Crippen LogP contribution in [-0.4, -0.2) is 22.8 Å². The summed E-state index contributed by atoms with van der Waals surface area (Å²) in [6.45, 7) is 4.05. The number of fused-ring (bicyclic) bond motifs is 1. The number of halogens is 1. The molecule has 0 saturated heterocycles. The monoisotopic (exact) mass is 295 g/mol. The van der Waals surface area contributed by atoms with Gasteiger partial charge < -0.3 is 4.90 Å². The minimum atomic E-state index is 0.797. The summed E-state index contributed by atoms with van der Waals surface area (Å²) in [6, 6.07) is 2.01. The lowest BCUT2D eigenvalue weighted by Gasteiger charge is -2.12. The van der Waals surface area contributed by atoms with E-state index < -0.39 is 0 Å². The highest BCUT2D eigenvalue weighted by molar-refractivity contribution is 9.10. The molecule has 0 fully saturated rings. The SMILES string of the molecule is CCc1nc2cc(C)c(Br)cn2c1N(C)C=O. The van der Waals surface area contributed by atoms with Crippen molar-refractivity contribution >= 4 is 33.8 Å². The van der Waals surface area contributed by atoms with Crippen LogP contribution in [0.4, 0.5) is 5.82 Å². The molecule has 0 radical (unpaired) electrons. The number of amides is 1. The summed E-state index contributed by atoms with van der Waals surface area (Å²) >= 11 is 3.50. The van der Waals surface area contributed by atoms with Gasteiger partial charge in [-0.05, 0) is 40.9 Å². The molecule has 0 aliphatic rings. The van der Waals surface area contributed by atoms with Crippen LogP contribution in [-0.2, 0) is 11.2 Å². The van der Waals surface area contributed by atoms with Crippen molar-refractivity contribution in [3.05, 3.63) is 28.0 Å². The van der Waals surface area contributed by atoms with Gasteiger partial charge in [0.2, 0.25) is 6.41 Å². The van der Waals surface area contributed by atoms with Gasteiger partial charge in [-0.2, -0.15) is 0 Å². The van der Waals surface area contributed by atoms with Gasteiger partial charge in [-0.1, -0.05) is 6.92 Å². The molecule has 0 aliphatic heterocycles. The van der Waals surface area contributed by atoms with Crippen LogP contribution in [0.15, 0.2) is 16.7 Å². The highest BCUT2D eigenvalue weighted by Gasteiger charge is 2.15. The first-order chi connectivity index (χ1) is 8.08. The lowest BCUT2D eigenvalue weighted by molar-refractivity contribution is -0.107. The Hall–Kier alpha value is -1.36. The number of hydrogen-bond donors (Lipinski definition) is 0. The molecule has 0 saturated carbocycles. The standard InChI is InChI=1S/C12H14BrN3O/c1-4-10-12(15(3)7-17)16-6-9(13)8(2)5-11(16)14-10/h5-7H,4H2,1-3H3. The number of anilines is 1. The molecule has 17 heavy (non-hydrogen) atoms. The average molecular weight is 296 g/mol. The molecule has 0 aliphatic carbocycles. The van der Waals surface area contributed by atoms with Crippen LogP contribution in [0.3, 0.4) is 0 Å². The summed E-state index contributed by atoms with van der Waals surface area (Å²) in [6.07, 6.45) is 3.55. The number of carbonyl (C=O) groups excluding carboxylic acids is 1. The van der Waals surface area contributed by atoms with Gasteiger partial charge in [0.1, 0.15) is 11.5 Å². The Labute approximate surface area is 108 Å². The summed E-state index contributed by atoms with van der Waals surface area (Å²) < 4.78 is 2.94. The Morgan fingerprint density at radius 1 is 1.59 bits per heavy atom. The van der Waals surface area contributed by atoms with Crippen molar-refractivity contribution in [2.45, 2.75) is 20.3 Å². The summed E-state index contributed by atoms with van der Waals surface area (Å²) in [5.41, 5.74) is 2.92. The van der Waals surface area contributed by atoms with Crippen LogP contribution in [0.25, 0.3) is 5.65 Å². The van der Waals surface area contributed by atoms with E-state index >= 15 is 0 Å². The zero-order valence-corrected chi connectivity index (χ0v) is 11.7. The fourth-order valence-corrected chi connectivity index (χ4v) is 2.18. The third-order valence-electron chi connectivity index (χ3n) is 2.77. The minimum absolute atomic E-state index is 0.797. The summed E-state index contributed by atoms with van der Waals surface area (Å²) in [4.78, 5) is 17.0. The van der Waals surface area contributed by atoms with E-state index in [1.54, 1.807) is 11.9 Å². The Balaban J connectivity index is 2.78. The van der Waals surface area contributed by atoms with Crippen molar-refractivity contribution in [2.24, 2.45) is 0 Å². The van der Waals surface area contributed by atoms with Crippen LogP contribution < -0.4 is 4.90 Å². The summed E-state index contributed by atoms with van der Waals surface area (Å²) in [5, 5.41) is 0. The molecule has 0 spiro atoms. The number of imidazole rings is 1. The third-order valence-corrected chi connectivity index (χ3v) is 3.60.